The largest absolute Gasteiger partial charge is 0.497 e. The third-order valence-corrected chi connectivity index (χ3v) is 3.58. The van der Waals surface area contributed by atoms with Crippen LogP contribution in [-0.2, 0) is 6.42 Å². The second kappa shape index (κ2) is 6.91. The van der Waals surface area contributed by atoms with Crippen molar-refractivity contribution in [1.29, 1.82) is 0 Å². The van der Waals surface area contributed by atoms with Crippen molar-refractivity contribution >= 4 is 15.9 Å². The minimum Gasteiger partial charge on any atom is -0.497 e. The highest BCUT2D eigenvalue weighted by Crippen LogP contribution is 2.35. The van der Waals surface area contributed by atoms with E-state index in [0.717, 1.165) is 4.47 Å². The molecule has 0 aliphatic rings. The van der Waals surface area contributed by atoms with Crippen LogP contribution >= 0.6 is 15.9 Å². The molecule has 1 atom stereocenters. The average Bonchev–Trinajstić information content (AvgIpc) is 2.44. The summed E-state index contributed by atoms with van der Waals surface area (Å²) in [4.78, 5) is 0. The lowest BCUT2D eigenvalue weighted by Crippen LogP contribution is -2.19. The molecule has 0 radical (unpaired) electrons. The molecule has 0 spiro atoms. The smallest absolute Gasteiger partial charge is 0.141 e. The Morgan fingerprint density at radius 1 is 1.24 bits per heavy atom. The molecule has 0 aliphatic carbocycles. The SMILES string of the molecule is COc1ccc(Oc2cccc(F)c2CC(C)N)c(Br)c1. The minimum absolute atomic E-state index is 0.149. The standard InChI is InChI=1S/C16H17BrFNO2/c1-10(19)8-12-14(18)4-3-5-15(12)21-16-7-6-11(20-2)9-13(16)17/h3-7,9-10H,8,19H2,1-2H3. The van der Waals surface area contributed by atoms with Crippen LogP contribution in [0, 0.1) is 5.82 Å². The van der Waals surface area contributed by atoms with Crippen LogP contribution in [0.2, 0.25) is 0 Å². The van der Waals surface area contributed by atoms with Crippen LogP contribution in [0.1, 0.15) is 12.5 Å². The van der Waals surface area contributed by atoms with Crippen molar-refractivity contribution < 1.29 is 13.9 Å². The third-order valence-electron chi connectivity index (χ3n) is 2.96. The molecule has 0 saturated carbocycles. The maximum Gasteiger partial charge on any atom is 0.141 e. The molecule has 5 heteroatoms. The zero-order chi connectivity index (χ0) is 15.4. The zero-order valence-corrected chi connectivity index (χ0v) is 13.5. The molecule has 1 unspecified atom stereocenters. The Morgan fingerprint density at radius 2 is 2.00 bits per heavy atom. The highest BCUT2D eigenvalue weighted by atomic mass is 79.9. The van der Waals surface area contributed by atoms with Crippen molar-refractivity contribution in [1.82, 2.24) is 0 Å². The van der Waals surface area contributed by atoms with Gasteiger partial charge in [0.1, 0.15) is 23.1 Å². The van der Waals surface area contributed by atoms with Gasteiger partial charge in [-0.3, -0.25) is 0 Å². The molecule has 2 aromatic rings. The molecule has 21 heavy (non-hydrogen) atoms. The first-order valence-electron chi connectivity index (χ1n) is 6.55. The first kappa shape index (κ1) is 15.8. The van der Waals surface area contributed by atoms with Crippen LogP contribution in [0.25, 0.3) is 0 Å². The van der Waals surface area contributed by atoms with Crippen molar-refractivity contribution in [2.24, 2.45) is 5.73 Å². The molecule has 0 saturated heterocycles. The molecule has 0 aromatic heterocycles. The average molecular weight is 354 g/mol. The van der Waals surface area contributed by atoms with Gasteiger partial charge in [-0.25, -0.2) is 4.39 Å². The van der Waals surface area contributed by atoms with E-state index in [1.807, 2.05) is 6.92 Å². The van der Waals surface area contributed by atoms with Crippen LogP contribution in [0.4, 0.5) is 4.39 Å². The van der Waals surface area contributed by atoms with Gasteiger partial charge in [-0.2, -0.15) is 0 Å². The Kier molecular flexibility index (Phi) is 5.20. The highest BCUT2D eigenvalue weighted by Gasteiger charge is 2.13. The van der Waals surface area contributed by atoms with E-state index in [1.165, 1.54) is 6.07 Å². The number of halogens is 2. The second-order valence-electron chi connectivity index (χ2n) is 4.80. The number of benzene rings is 2. The van der Waals surface area contributed by atoms with Gasteiger partial charge >= 0.3 is 0 Å². The quantitative estimate of drug-likeness (QED) is 0.872. The van der Waals surface area contributed by atoms with E-state index in [1.54, 1.807) is 37.4 Å². The van der Waals surface area contributed by atoms with E-state index in [9.17, 15) is 4.39 Å². The predicted molar refractivity (Wildman–Crippen MR) is 84.5 cm³/mol. The van der Waals surface area contributed by atoms with E-state index < -0.39 is 0 Å². The summed E-state index contributed by atoms with van der Waals surface area (Å²) in [5, 5.41) is 0. The molecule has 2 aromatic carbocycles. The summed E-state index contributed by atoms with van der Waals surface area (Å²) in [6.07, 6.45) is 0.412. The van der Waals surface area contributed by atoms with Gasteiger partial charge < -0.3 is 15.2 Å². The maximum absolute atomic E-state index is 14.0. The Bertz CT molecular complexity index is 632. The topological polar surface area (TPSA) is 44.5 Å². The molecule has 112 valence electrons. The van der Waals surface area contributed by atoms with Gasteiger partial charge in [0, 0.05) is 11.6 Å². The summed E-state index contributed by atoms with van der Waals surface area (Å²) in [5.41, 5.74) is 6.26. The first-order chi connectivity index (χ1) is 10.0. The Labute approximate surface area is 132 Å². The van der Waals surface area contributed by atoms with Crippen LogP contribution in [0.15, 0.2) is 40.9 Å². The second-order valence-corrected chi connectivity index (χ2v) is 5.65. The number of methoxy groups -OCH3 is 1. The van der Waals surface area contributed by atoms with Crippen LogP contribution in [0.5, 0.6) is 17.2 Å². The van der Waals surface area contributed by atoms with E-state index in [4.69, 9.17) is 15.2 Å². The Morgan fingerprint density at radius 3 is 2.62 bits per heavy atom. The molecular formula is C16H17BrFNO2. The molecular weight excluding hydrogens is 337 g/mol. The predicted octanol–water partition coefficient (Wildman–Crippen LogP) is 4.28. The fourth-order valence-corrected chi connectivity index (χ4v) is 2.40. The van der Waals surface area contributed by atoms with Gasteiger partial charge in [0.25, 0.3) is 0 Å². The van der Waals surface area contributed by atoms with Gasteiger partial charge in [0.2, 0.25) is 0 Å². The highest BCUT2D eigenvalue weighted by molar-refractivity contribution is 9.10. The summed E-state index contributed by atoms with van der Waals surface area (Å²) in [6.45, 7) is 1.83. The van der Waals surface area contributed by atoms with Crippen LogP contribution in [0.3, 0.4) is 0 Å². The lowest BCUT2D eigenvalue weighted by atomic mass is 10.1. The molecule has 0 heterocycles. The number of nitrogens with two attached hydrogens (primary N) is 1. The fraction of sp³-hybridized carbons (Fsp3) is 0.250. The van der Waals surface area contributed by atoms with Crippen LogP contribution in [-0.4, -0.2) is 13.2 Å². The lowest BCUT2D eigenvalue weighted by molar-refractivity contribution is 0.411. The van der Waals surface area contributed by atoms with E-state index in [-0.39, 0.29) is 11.9 Å². The molecule has 0 amide bonds. The maximum atomic E-state index is 14.0. The normalized spacial score (nSPS) is 12.0. The van der Waals surface area contributed by atoms with Crippen molar-refractivity contribution in [2.75, 3.05) is 7.11 Å². The van der Waals surface area contributed by atoms with E-state index in [2.05, 4.69) is 15.9 Å². The lowest BCUT2D eigenvalue weighted by Gasteiger charge is -2.15. The number of ether oxygens (including phenoxy) is 2. The fourth-order valence-electron chi connectivity index (χ4n) is 1.96. The number of hydrogen-bond acceptors (Lipinski definition) is 3. The van der Waals surface area contributed by atoms with E-state index in [0.29, 0.717) is 29.2 Å². The van der Waals surface area contributed by atoms with Crippen molar-refractivity contribution in [3.8, 4) is 17.2 Å². The molecule has 0 aliphatic heterocycles. The van der Waals surface area contributed by atoms with Crippen molar-refractivity contribution in [3.05, 3.63) is 52.3 Å². The van der Waals surface area contributed by atoms with Crippen molar-refractivity contribution in [2.45, 2.75) is 19.4 Å². The van der Waals surface area contributed by atoms with Gasteiger partial charge in [-0.15, -0.1) is 0 Å². The number of hydrogen-bond donors (Lipinski definition) is 1. The third kappa shape index (κ3) is 3.95. The van der Waals surface area contributed by atoms with Gasteiger partial charge in [-0.1, -0.05) is 6.07 Å². The monoisotopic (exact) mass is 353 g/mol. The molecule has 2 N–H and O–H groups in total. The van der Waals surface area contributed by atoms with E-state index >= 15 is 0 Å². The molecule has 2 rings (SSSR count). The summed E-state index contributed by atoms with van der Waals surface area (Å²) in [7, 11) is 1.59. The summed E-state index contributed by atoms with van der Waals surface area (Å²) in [5.74, 6) is 1.46. The Balaban J connectivity index is 2.33. The van der Waals surface area contributed by atoms with Gasteiger partial charge in [-0.05, 0) is 59.6 Å². The van der Waals surface area contributed by atoms with Crippen molar-refractivity contribution in [3.63, 3.8) is 0 Å². The van der Waals surface area contributed by atoms with Gasteiger partial charge in [0.05, 0.1) is 11.6 Å². The Hall–Kier alpha value is -1.59. The van der Waals surface area contributed by atoms with Crippen LogP contribution < -0.4 is 15.2 Å². The number of rotatable bonds is 5. The minimum atomic E-state index is -0.311. The molecule has 0 bridgehead atoms. The summed E-state index contributed by atoms with van der Waals surface area (Å²) >= 11 is 3.42. The first-order valence-corrected chi connectivity index (χ1v) is 7.35. The molecule has 0 fully saturated rings. The van der Waals surface area contributed by atoms with Gasteiger partial charge in [0.15, 0.2) is 0 Å². The molecule has 3 nitrogen and oxygen atoms in total. The summed E-state index contributed by atoms with van der Waals surface area (Å²) in [6, 6.07) is 9.95. The summed E-state index contributed by atoms with van der Waals surface area (Å²) < 4.78 is 25.7. The zero-order valence-electron chi connectivity index (χ0n) is 11.9.